The van der Waals surface area contributed by atoms with Crippen LogP contribution in [0, 0.1) is 13.2 Å². The Balaban J connectivity index is 2.03. The molecule has 40 heavy (non-hydrogen) atoms. The van der Waals surface area contributed by atoms with Crippen molar-refractivity contribution in [1.29, 1.82) is 0 Å². The summed E-state index contributed by atoms with van der Waals surface area (Å²) in [7, 11) is -4.03. The molecular formula is C32H40O6Si2. The molecule has 0 bridgehead atoms. The fraction of sp³-hybridized carbons (Fsp3) is 0.250. The lowest BCUT2D eigenvalue weighted by atomic mass is 10.2. The molecule has 0 saturated heterocycles. The van der Waals surface area contributed by atoms with E-state index in [1.54, 1.807) is 24.3 Å². The molecule has 0 aliphatic carbocycles. The number of hydrogen-bond donors (Lipinski definition) is 0. The van der Waals surface area contributed by atoms with Gasteiger partial charge in [0.25, 0.3) is 0 Å². The average molecular weight is 577 g/mol. The van der Waals surface area contributed by atoms with E-state index in [-0.39, 0.29) is 12.7 Å². The number of benzene rings is 2. The number of rotatable bonds is 18. The summed E-state index contributed by atoms with van der Waals surface area (Å²) in [5.74, 6) is -1.42. The summed E-state index contributed by atoms with van der Waals surface area (Å²) < 4.78 is 0. The lowest BCUT2D eigenvalue weighted by Crippen LogP contribution is -2.43. The molecule has 212 valence electrons. The van der Waals surface area contributed by atoms with Crippen LogP contribution < -0.4 is 10.4 Å². The van der Waals surface area contributed by atoms with Gasteiger partial charge in [0.15, 0.2) is 0 Å². The molecule has 0 fully saturated rings. The molecule has 0 saturated carbocycles. The Morgan fingerprint density at radius 1 is 0.650 bits per heavy atom. The fourth-order valence-electron chi connectivity index (χ4n) is 4.27. The molecule has 2 radical (unpaired) electrons. The Morgan fingerprint density at radius 2 is 1.02 bits per heavy atom. The lowest BCUT2D eigenvalue weighted by Gasteiger charge is -2.23. The Bertz CT molecular complexity index is 1050. The Morgan fingerprint density at radius 3 is 1.32 bits per heavy atom. The lowest BCUT2D eigenvalue weighted by molar-refractivity contribution is -0.363. The van der Waals surface area contributed by atoms with Gasteiger partial charge in [-0.1, -0.05) is 91.0 Å². The minimum absolute atomic E-state index is 0.144. The maximum atomic E-state index is 12.6. The van der Waals surface area contributed by atoms with Crippen LogP contribution in [0.5, 0.6) is 0 Å². The standard InChI is InChI=1S/C32H40O6Si2/c1-8-15-16-17-30(35-37-31(33)26-18-22-28(23-19-26)39(9-2,10-3)11-4)36-38-32(34)27-20-24-29(25-21-27)40(12-5,13-6)14-7/h9-10,12-13,18-25H,1-3,5-6,8,11,14-17H2,4,7H3. The summed E-state index contributed by atoms with van der Waals surface area (Å²) in [6, 6.07) is 16.1. The molecule has 2 aromatic rings. The number of carbonyl (C=O) groups is 2. The van der Waals surface area contributed by atoms with Crippen LogP contribution in [-0.4, -0.2) is 28.1 Å². The van der Waals surface area contributed by atoms with Gasteiger partial charge in [-0.3, -0.25) is 9.78 Å². The second kappa shape index (κ2) is 16.1. The second-order valence-corrected chi connectivity index (χ2v) is 17.7. The van der Waals surface area contributed by atoms with E-state index in [0.29, 0.717) is 24.0 Å². The summed E-state index contributed by atoms with van der Waals surface area (Å²) in [4.78, 5) is 45.6. The molecule has 0 atom stereocenters. The monoisotopic (exact) mass is 576 g/mol. The van der Waals surface area contributed by atoms with Crippen molar-refractivity contribution < 1.29 is 29.1 Å². The van der Waals surface area contributed by atoms with Gasteiger partial charge in [-0.05, 0) is 42.8 Å². The predicted molar refractivity (Wildman–Crippen MR) is 165 cm³/mol. The third kappa shape index (κ3) is 8.11. The summed E-state index contributed by atoms with van der Waals surface area (Å²) in [5.41, 5.74) is 8.49. The van der Waals surface area contributed by atoms with Crippen molar-refractivity contribution in [2.75, 3.05) is 0 Å². The SMILES string of the molecule is [CH2]CCCC[C](OOC(=O)c1ccc([Si](C=C)(C=C)CC)cc1)OOC(=O)c1ccc([Si](C=C)(C=C)CC)cc1. The van der Waals surface area contributed by atoms with Gasteiger partial charge in [0.05, 0.1) is 11.1 Å². The maximum Gasteiger partial charge on any atom is 0.373 e. The van der Waals surface area contributed by atoms with E-state index in [0.717, 1.165) is 28.9 Å². The van der Waals surface area contributed by atoms with E-state index in [2.05, 4.69) is 47.1 Å². The molecule has 0 aliphatic rings. The zero-order chi connectivity index (χ0) is 29.6. The molecule has 0 aliphatic heterocycles. The maximum absolute atomic E-state index is 12.6. The van der Waals surface area contributed by atoms with Crippen LogP contribution in [0.1, 0.15) is 60.2 Å². The van der Waals surface area contributed by atoms with E-state index in [1.165, 1.54) is 0 Å². The highest BCUT2D eigenvalue weighted by atomic mass is 28.3. The molecule has 2 aromatic carbocycles. The number of carbonyl (C=O) groups excluding carboxylic acids is 2. The van der Waals surface area contributed by atoms with Crippen LogP contribution in [0.25, 0.3) is 0 Å². The van der Waals surface area contributed by atoms with Crippen LogP contribution >= 0.6 is 0 Å². The second-order valence-electron chi connectivity index (χ2n) is 9.35. The molecule has 0 spiro atoms. The Kier molecular flexibility index (Phi) is 13.2. The first-order chi connectivity index (χ1) is 19.3. The van der Waals surface area contributed by atoms with Crippen molar-refractivity contribution in [3.05, 3.63) is 122 Å². The number of hydrogen-bond acceptors (Lipinski definition) is 6. The van der Waals surface area contributed by atoms with Crippen molar-refractivity contribution in [3.8, 4) is 0 Å². The minimum Gasteiger partial charge on any atom is -0.289 e. The van der Waals surface area contributed by atoms with Crippen molar-refractivity contribution in [3.63, 3.8) is 0 Å². The van der Waals surface area contributed by atoms with Crippen molar-refractivity contribution >= 4 is 38.5 Å². The average Bonchev–Trinajstić information content (AvgIpc) is 3.01. The van der Waals surface area contributed by atoms with E-state index in [4.69, 9.17) is 19.6 Å². The first-order valence-corrected chi connectivity index (χ1v) is 18.2. The quantitative estimate of drug-likeness (QED) is 0.0851. The first kappa shape index (κ1) is 32.9. The summed E-state index contributed by atoms with van der Waals surface area (Å²) >= 11 is 0. The molecule has 0 aromatic heterocycles. The highest BCUT2D eigenvalue weighted by Gasteiger charge is 2.28. The van der Waals surface area contributed by atoms with Gasteiger partial charge in [0.1, 0.15) is 16.1 Å². The van der Waals surface area contributed by atoms with Crippen LogP contribution in [0.2, 0.25) is 12.1 Å². The molecule has 2 rings (SSSR count). The van der Waals surface area contributed by atoms with E-state index in [1.807, 2.05) is 47.1 Å². The first-order valence-electron chi connectivity index (χ1n) is 13.5. The van der Waals surface area contributed by atoms with Crippen molar-refractivity contribution in [2.24, 2.45) is 0 Å². The Labute approximate surface area is 240 Å². The van der Waals surface area contributed by atoms with Gasteiger partial charge in [0, 0.05) is 6.42 Å². The summed E-state index contributed by atoms with van der Waals surface area (Å²) in [6.45, 7) is 23.9. The predicted octanol–water partition coefficient (Wildman–Crippen LogP) is 6.70. The zero-order valence-electron chi connectivity index (χ0n) is 23.7. The fourth-order valence-corrected chi connectivity index (χ4v) is 9.09. The van der Waals surface area contributed by atoms with Crippen LogP contribution in [0.3, 0.4) is 0 Å². The van der Waals surface area contributed by atoms with Crippen LogP contribution in [0.15, 0.2) is 97.6 Å². The third-order valence-electron chi connectivity index (χ3n) is 7.24. The van der Waals surface area contributed by atoms with Crippen LogP contribution in [-0.2, 0) is 19.6 Å². The van der Waals surface area contributed by atoms with Gasteiger partial charge in [-0.15, -0.1) is 36.1 Å². The Hall–Kier alpha value is -3.31. The third-order valence-corrected chi connectivity index (χ3v) is 15.3. The van der Waals surface area contributed by atoms with Crippen molar-refractivity contribution in [1.82, 2.24) is 0 Å². The van der Waals surface area contributed by atoms with E-state index < -0.39 is 28.1 Å². The highest BCUT2D eigenvalue weighted by molar-refractivity contribution is 7.00. The normalized spacial score (nSPS) is 11.5. The number of unbranched alkanes of at least 4 members (excludes halogenated alkanes) is 2. The van der Waals surface area contributed by atoms with E-state index >= 15 is 0 Å². The zero-order valence-corrected chi connectivity index (χ0v) is 25.7. The van der Waals surface area contributed by atoms with Gasteiger partial charge < -0.3 is 0 Å². The molecule has 6 nitrogen and oxygen atoms in total. The van der Waals surface area contributed by atoms with Gasteiger partial charge in [0.2, 0.25) is 0 Å². The molecule has 0 heterocycles. The van der Waals surface area contributed by atoms with Gasteiger partial charge >= 0.3 is 18.2 Å². The van der Waals surface area contributed by atoms with Crippen molar-refractivity contribution in [2.45, 2.75) is 51.6 Å². The smallest absolute Gasteiger partial charge is 0.289 e. The molecule has 0 N–H and O–H groups in total. The van der Waals surface area contributed by atoms with E-state index in [9.17, 15) is 9.59 Å². The summed E-state index contributed by atoms with van der Waals surface area (Å²) in [5, 5.41) is 2.19. The highest BCUT2D eigenvalue weighted by Crippen LogP contribution is 2.19. The van der Waals surface area contributed by atoms with Gasteiger partial charge in [-0.25, -0.2) is 9.59 Å². The molecule has 0 unspecified atom stereocenters. The summed E-state index contributed by atoms with van der Waals surface area (Å²) in [6.07, 6.45) is 2.24. The minimum atomic E-state index is -2.01. The van der Waals surface area contributed by atoms with Gasteiger partial charge in [-0.2, -0.15) is 0 Å². The largest absolute Gasteiger partial charge is 0.373 e. The molecule has 0 amide bonds. The molecular weight excluding hydrogens is 537 g/mol. The topological polar surface area (TPSA) is 71.1 Å². The molecule has 8 heteroatoms. The van der Waals surface area contributed by atoms with Crippen LogP contribution in [0.4, 0.5) is 0 Å².